The Morgan fingerprint density at radius 1 is 1.24 bits per heavy atom. The van der Waals surface area contributed by atoms with Gasteiger partial charge in [0.2, 0.25) is 0 Å². The third-order valence-corrected chi connectivity index (χ3v) is 6.66. The first-order valence-corrected chi connectivity index (χ1v) is 11.7. The SMILES string of the molecule is CC(C)=CCC/C(C)=C(\C)SC[C@H]1O[C@@H](n2cc(CNCC(=O)O)c(=O)[nH]c2=O)[C@H](O)[C@@H]1O. The molecule has 0 radical (unpaired) electrons. The Bertz CT molecular complexity index is 1010. The minimum Gasteiger partial charge on any atom is -0.480 e. The zero-order valence-electron chi connectivity index (χ0n) is 19.3. The molecule has 0 amide bonds. The predicted molar refractivity (Wildman–Crippen MR) is 126 cm³/mol. The van der Waals surface area contributed by atoms with Crippen molar-refractivity contribution >= 4 is 17.7 Å². The number of hydrogen-bond acceptors (Lipinski definition) is 8. The minimum atomic E-state index is -1.37. The van der Waals surface area contributed by atoms with Crippen molar-refractivity contribution in [2.45, 2.75) is 71.6 Å². The molecule has 5 N–H and O–H groups in total. The monoisotopic (exact) mass is 483 g/mol. The summed E-state index contributed by atoms with van der Waals surface area (Å²) in [5, 5.41) is 32.3. The number of allylic oxidation sites excluding steroid dienone is 4. The second-order valence-corrected chi connectivity index (χ2v) is 9.57. The van der Waals surface area contributed by atoms with Crippen molar-refractivity contribution in [2.75, 3.05) is 12.3 Å². The number of carboxylic acids is 1. The van der Waals surface area contributed by atoms with Gasteiger partial charge in [0.25, 0.3) is 5.56 Å². The number of hydrogen-bond donors (Lipinski definition) is 5. The van der Waals surface area contributed by atoms with Crippen LogP contribution in [0.5, 0.6) is 0 Å². The molecular weight excluding hydrogens is 450 g/mol. The number of nitrogens with zero attached hydrogens (tertiary/aromatic N) is 1. The molecule has 1 aromatic rings. The number of thioether (sulfide) groups is 1. The molecule has 1 fully saturated rings. The first-order valence-electron chi connectivity index (χ1n) is 10.7. The van der Waals surface area contributed by atoms with E-state index in [9.17, 15) is 24.6 Å². The molecule has 10 nitrogen and oxygen atoms in total. The van der Waals surface area contributed by atoms with E-state index in [0.717, 1.165) is 22.3 Å². The zero-order chi connectivity index (χ0) is 24.7. The summed E-state index contributed by atoms with van der Waals surface area (Å²) < 4.78 is 6.83. The number of aliphatic carboxylic acids is 1. The second kappa shape index (κ2) is 12.3. The van der Waals surface area contributed by atoms with Gasteiger partial charge in [0.15, 0.2) is 6.23 Å². The molecular formula is C22H33N3O7S. The first kappa shape index (κ1) is 27.1. The van der Waals surface area contributed by atoms with Crippen LogP contribution in [-0.4, -0.2) is 61.4 Å². The van der Waals surface area contributed by atoms with Gasteiger partial charge in [0.05, 0.1) is 12.6 Å². The van der Waals surface area contributed by atoms with Crippen LogP contribution in [0.3, 0.4) is 0 Å². The molecule has 2 rings (SSSR count). The van der Waals surface area contributed by atoms with E-state index in [4.69, 9.17) is 9.84 Å². The van der Waals surface area contributed by atoms with Crippen LogP contribution in [0.15, 0.2) is 37.9 Å². The van der Waals surface area contributed by atoms with Crippen molar-refractivity contribution in [2.24, 2.45) is 0 Å². The Hall–Kier alpha value is -2.18. The largest absolute Gasteiger partial charge is 0.480 e. The van der Waals surface area contributed by atoms with E-state index < -0.39 is 41.8 Å². The van der Waals surface area contributed by atoms with E-state index in [1.165, 1.54) is 29.1 Å². The number of aromatic nitrogens is 2. The van der Waals surface area contributed by atoms with Gasteiger partial charge in [-0.1, -0.05) is 17.2 Å². The number of carboxylic acid groups (broad SMARTS) is 1. The third kappa shape index (κ3) is 7.68. The molecule has 1 aliphatic heterocycles. The summed E-state index contributed by atoms with van der Waals surface area (Å²) in [7, 11) is 0. The number of rotatable bonds is 11. The molecule has 0 spiro atoms. The quantitative estimate of drug-likeness (QED) is 0.291. The number of aliphatic hydroxyl groups excluding tert-OH is 2. The highest BCUT2D eigenvalue weighted by Crippen LogP contribution is 2.33. The summed E-state index contributed by atoms with van der Waals surface area (Å²) in [4.78, 5) is 38.3. The van der Waals surface area contributed by atoms with Crippen molar-refractivity contribution < 1.29 is 24.9 Å². The molecule has 11 heteroatoms. The first-order chi connectivity index (χ1) is 15.5. The molecule has 2 heterocycles. The van der Waals surface area contributed by atoms with Crippen LogP contribution in [0.2, 0.25) is 0 Å². The lowest BCUT2D eigenvalue weighted by atomic mass is 10.1. The van der Waals surface area contributed by atoms with E-state index in [2.05, 4.69) is 37.1 Å². The minimum absolute atomic E-state index is 0.0947. The van der Waals surface area contributed by atoms with E-state index in [0.29, 0.717) is 5.75 Å². The van der Waals surface area contributed by atoms with Crippen molar-refractivity contribution in [3.8, 4) is 0 Å². The summed E-state index contributed by atoms with van der Waals surface area (Å²) in [5.41, 5.74) is 1.15. The topological polar surface area (TPSA) is 154 Å². The van der Waals surface area contributed by atoms with Crippen molar-refractivity contribution in [3.63, 3.8) is 0 Å². The molecule has 0 aromatic carbocycles. The summed E-state index contributed by atoms with van der Waals surface area (Å²) >= 11 is 1.52. The highest BCUT2D eigenvalue weighted by atomic mass is 32.2. The predicted octanol–water partition coefficient (Wildman–Crippen LogP) is 1.10. The molecule has 33 heavy (non-hydrogen) atoms. The molecule has 1 aliphatic rings. The zero-order valence-corrected chi connectivity index (χ0v) is 20.1. The molecule has 1 aromatic heterocycles. The fourth-order valence-corrected chi connectivity index (χ4v) is 4.36. The van der Waals surface area contributed by atoms with E-state index >= 15 is 0 Å². The lowest BCUT2D eigenvalue weighted by Gasteiger charge is -2.18. The van der Waals surface area contributed by atoms with E-state index in [1.54, 1.807) is 0 Å². The molecule has 0 bridgehead atoms. The summed E-state index contributed by atoms with van der Waals surface area (Å²) in [6.45, 7) is 7.72. The van der Waals surface area contributed by atoms with Crippen LogP contribution in [0.25, 0.3) is 0 Å². The Labute approximate surface area is 196 Å². The Balaban J connectivity index is 2.09. The molecule has 4 atom stereocenters. The smallest absolute Gasteiger partial charge is 0.330 e. The van der Waals surface area contributed by atoms with Crippen LogP contribution < -0.4 is 16.6 Å². The van der Waals surface area contributed by atoms with Crippen LogP contribution in [0.4, 0.5) is 0 Å². The number of carbonyl (C=O) groups is 1. The molecule has 0 saturated carbocycles. The van der Waals surface area contributed by atoms with Crippen LogP contribution in [-0.2, 0) is 16.1 Å². The number of nitrogens with one attached hydrogen (secondary N) is 2. The molecule has 0 aliphatic carbocycles. The van der Waals surface area contributed by atoms with Crippen LogP contribution in [0.1, 0.15) is 52.3 Å². The van der Waals surface area contributed by atoms with Crippen LogP contribution in [0, 0.1) is 0 Å². The highest BCUT2D eigenvalue weighted by molar-refractivity contribution is 8.03. The summed E-state index contributed by atoms with van der Waals surface area (Å²) in [6, 6.07) is 0. The maximum atomic E-state index is 12.3. The molecule has 1 saturated heterocycles. The number of aromatic amines is 1. The average molecular weight is 484 g/mol. The molecule has 0 unspecified atom stereocenters. The van der Waals surface area contributed by atoms with Gasteiger partial charge in [0.1, 0.15) is 12.2 Å². The van der Waals surface area contributed by atoms with Crippen molar-refractivity contribution in [3.05, 3.63) is 54.7 Å². The maximum Gasteiger partial charge on any atom is 0.330 e. The fourth-order valence-electron chi connectivity index (χ4n) is 3.33. The Kier molecular flexibility index (Phi) is 10.1. The summed E-state index contributed by atoms with van der Waals surface area (Å²) in [6.07, 6.45) is 0.780. The Morgan fingerprint density at radius 3 is 2.58 bits per heavy atom. The van der Waals surface area contributed by atoms with E-state index in [1.807, 2.05) is 6.92 Å². The van der Waals surface area contributed by atoms with Crippen molar-refractivity contribution in [1.82, 2.24) is 14.9 Å². The Morgan fingerprint density at radius 2 is 1.94 bits per heavy atom. The molecule has 184 valence electrons. The van der Waals surface area contributed by atoms with Gasteiger partial charge in [0, 0.05) is 24.1 Å². The van der Waals surface area contributed by atoms with E-state index in [-0.39, 0.29) is 18.7 Å². The van der Waals surface area contributed by atoms with Gasteiger partial charge < -0.3 is 25.4 Å². The lowest BCUT2D eigenvalue weighted by Crippen LogP contribution is -2.39. The van der Waals surface area contributed by atoms with Gasteiger partial charge >= 0.3 is 11.7 Å². The maximum absolute atomic E-state index is 12.3. The van der Waals surface area contributed by atoms with Crippen LogP contribution >= 0.6 is 11.8 Å². The highest BCUT2D eigenvalue weighted by Gasteiger charge is 2.44. The average Bonchev–Trinajstić information content (AvgIpc) is 3.01. The fraction of sp³-hybridized carbons (Fsp3) is 0.591. The van der Waals surface area contributed by atoms with Gasteiger partial charge in [-0.15, -0.1) is 11.8 Å². The van der Waals surface area contributed by atoms with Gasteiger partial charge in [-0.2, -0.15) is 0 Å². The standard InChI is InChI=1S/C22H33N3O7S/c1-12(2)6-5-7-13(3)14(4)33-11-16-18(28)19(29)21(32-16)25-10-15(8-23-9-17(26)27)20(30)24-22(25)31/h6,10,16,18-19,21,23,28-29H,5,7-9,11H2,1-4H3,(H,26,27)(H,24,30,31)/b14-13+/t16-,18-,19-,21-/m1/s1. The van der Waals surface area contributed by atoms with Gasteiger partial charge in [-0.05, 0) is 45.4 Å². The normalized spacial score (nSPS) is 23.3. The van der Waals surface area contributed by atoms with Gasteiger partial charge in [-0.25, -0.2) is 4.79 Å². The summed E-state index contributed by atoms with van der Waals surface area (Å²) in [5.74, 6) is -0.708. The van der Waals surface area contributed by atoms with Crippen molar-refractivity contribution in [1.29, 1.82) is 0 Å². The number of aliphatic hydroxyl groups is 2. The second-order valence-electron chi connectivity index (χ2n) is 8.33. The lowest BCUT2D eigenvalue weighted by molar-refractivity contribution is -0.136. The van der Waals surface area contributed by atoms with Gasteiger partial charge in [-0.3, -0.25) is 19.1 Å². The number of H-pyrrole nitrogens is 1. The number of ether oxygens (including phenoxy) is 1. The third-order valence-electron chi connectivity index (χ3n) is 5.38.